The summed E-state index contributed by atoms with van der Waals surface area (Å²) >= 11 is 1.48. The zero-order chi connectivity index (χ0) is 9.42. The number of fused-ring (bicyclic) bond motifs is 1. The van der Waals surface area contributed by atoms with Crippen LogP contribution in [0.4, 0.5) is 0 Å². The van der Waals surface area contributed by atoms with E-state index in [0.29, 0.717) is 0 Å². The fourth-order valence-electron chi connectivity index (χ4n) is 1.52. The monoisotopic (exact) mass is 193 g/mol. The first-order valence-corrected chi connectivity index (χ1v) is 5.00. The van der Waals surface area contributed by atoms with E-state index in [-0.39, 0.29) is 0 Å². The molecule has 1 aromatic carbocycles. The van der Waals surface area contributed by atoms with Gasteiger partial charge in [0.05, 0.1) is 16.5 Å². The van der Waals surface area contributed by atoms with E-state index in [9.17, 15) is 5.11 Å². The van der Waals surface area contributed by atoms with Crippen molar-refractivity contribution in [2.45, 2.75) is 20.0 Å². The summed E-state index contributed by atoms with van der Waals surface area (Å²) in [5, 5.41) is 10.7. The van der Waals surface area contributed by atoms with E-state index in [4.69, 9.17) is 0 Å². The summed E-state index contributed by atoms with van der Waals surface area (Å²) in [6.07, 6.45) is -0.418. The Morgan fingerprint density at radius 2 is 2.23 bits per heavy atom. The van der Waals surface area contributed by atoms with Crippen LogP contribution >= 0.6 is 11.5 Å². The third-order valence-electron chi connectivity index (χ3n) is 2.15. The summed E-state index contributed by atoms with van der Waals surface area (Å²) in [5.41, 5.74) is 1.99. The van der Waals surface area contributed by atoms with Gasteiger partial charge in [-0.1, -0.05) is 12.1 Å². The van der Waals surface area contributed by atoms with Gasteiger partial charge in [0.2, 0.25) is 0 Å². The lowest BCUT2D eigenvalue weighted by atomic mass is 10.1. The van der Waals surface area contributed by atoms with Crippen LogP contribution in [0.25, 0.3) is 10.1 Å². The first kappa shape index (κ1) is 8.66. The Balaban J connectivity index is 2.80. The van der Waals surface area contributed by atoms with Gasteiger partial charge >= 0.3 is 0 Å². The Labute approximate surface area is 81.0 Å². The minimum absolute atomic E-state index is 0.418. The highest BCUT2D eigenvalue weighted by Crippen LogP contribution is 2.29. The molecule has 1 heterocycles. The van der Waals surface area contributed by atoms with Crippen molar-refractivity contribution >= 4 is 21.6 Å². The van der Waals surface area contributed by atoms with Crippen LogP contribution in [0.5, 0.6) is 0 Å². The summed E-state index contributed by atoms with van der Waals surface area (Å²) in [6, 6.07) is 5.95. The van der Waals surface area contributed by atoms with Crippen molar-refractivity contribution in [2.24, 2.45) is 0 Å². The first-order valence-electron chi connectivity index (χ1n) is 4.23. The number of rotatable bonds is 1. The molecule has 0 bridgehead atoms. The van der Waals surface area contributed by atoms with Crippen LogP contribution in [0.1, 0.15) is 24.3 Å². The molecule has 1 unspecified atom stereocenters. The molecule has 68 valence electrons. The number of aryl methyl sites for hydroxylation is 1. The molecule has 0 radical (unpaired) electrons. The van der Waals surface area contributed by atoms with Gasteiger partial charge in [0, 0.05) is 5.39 Å². The molecule has 3 heteroatoms. The van der Waals surface area contributed by atoms with E-state index >= 15 is 0 Å². The summed E-state index contributed by atoms with van der Waals surface area (Å²) < 4.78 is 5.42. The molecule has 0 spiro atoms. The standard InChI is InChI=1S/C10H11NOS/c1-6-10-8(7(2)12)4-3-5-9(10)13-11-6/h3-5,7,12H,1-2H3. The van der Waals surface area contributed by atoms with E-state index in [1.165, 1.54) is 11.5 Å². The molecule has 1 aromatic heterocycles. The van der Waals surface area contributed by atoms with Crippen LogP contribution < -0.4 is 0 Å². The summed E-state index contributed by atoms with van der Waals surface area (Å²) in [6.45, 7) is 3.76. The number of aromatic nitrogens is 1. The van der Waals surface area contributed by atoms with Gasteiger partial charge in [0.25, 0.3) is 0 Å². The van der Waals surface area contributed by atoms with Gasteiger partial charge in [-0.25, -0.2) is 0 Å². The predicted octanol–water partition coefficient (Wildman–Crippen LogP) is 2.66. The van der Waals surface area contributed by atoms with Crippen molar-refractivity contribution in [1.82, 2.24) is 4.37 Å². The number of aliphatic hydroxyl groups excluding tert-OH is 1. The first-order chi connectivity index (χ1) is 6.20. The van der Waals surface area contributed by atoms with E-state index < -0.39 is 6.10 Å². The highest BCUT2D eigenvalue weighted by molar-refractivity contribution is 7.13. The molecule has 2 nitrogen and oxygen atoms in total. The highest BCUT2D eigenvalue weighted by Gasteiger charge is 2.10. The Kier molecular flexibility index (Phi) is 2.06. The Hall–Kier alpha value is -0.930. The molecule has 1 N–H and O–H groups in total. The number of aliphatic hydroxyl groups is 1. The second kappa shape index (κ2) is 3.09. The normalized spacial score (nSPS) is 13.5. The number of nitrogens with zero attached hydrogens (tertiary/aromatic N) is 1. The maximum absolute atomic E-state index is 9.54. The fraction of sp³-hybridized carbons (Fsp3) is 0.300. The third kappa shape index (κ3) is 1.34. The van der Waals surface area contributed by atoms with Crippen molar-refractivity contribution < 1.29 is 5.11 Å². The summed E-state index contributed by atoms with van der Waals surface area (Å²) in [4.78, 5) is 0. The quantitative estimate of drug-likeness (QED) is 0.755. The Bertz CT molecular complexity index is 433. The van der Waals surface area contributed by atoms with E-state index in [1.54, 1.807) is 6.92 Å². The Morgan fingerprint density at radius 1 is 1.46 bits per heavy atom. The van der Waals surface area contributed by atoms with Gasteiger partial charge in [0.1, 0.15) is 0 Å². The maximum atomic E-state index is 9.54. The van der Waals surface area contributed by atoms with Crippen LogP contribution in [-0.2, 0) is 0 Å². The van der Waals surface area contributed by atoms with Crippen molar-refractivity contribution in [2.75, 3.05) is 0 Å². The minimum Gasteiger partial charge on any atom is -0.389 e. The summed E-state index contributed by atoms with van der Waals surface area (Å²) in [5.74, 6) is 0. The van der Waals surface area contributed by atoms with Gasteiger partial charge in [-0.2, -0.15) is 4.37 Å². The maximum Gasteiger partial charge on any atom is 0.0768 e. The number of hydrogen-bond acceptors (Lipinski definition) is 3. The largest absolute Gasteiger partial charge is 0.389 e. The molecular weight excluding hydrogens is 182 g/mol. The molecule has 13 heavy (non-hydrogen) atoms. The number of benzene rings is 1. The van der Waals surface area contributed by atoms with E-state index in [0.717, 1.165) is 21.3 Å². The molecule has 1 atom stereocenters. The molecule has 0 aliphatic rings. The van der Waals surface area contributed by atoms with Gasteiger partial charge in [-0.05, 0) is 37.0 Å². The lowest BCUT2D eigenvalue weighted by Gasteiger charge is -2.05. The SMILES string of the molecule is Cc1nsc2cccc(C(C)O)c12. The molecular formula is C10H11NOS. The van der Waals surface area contributed by atoms with E-state index in [1.807, 2.05) is 25.1 Å². The van der Waals surface area contributed by atoms with Crippen molar-refractivity contribution in [3.8, 4) is 0 Å². The molecule has 0 saturated heterocycles. The number of hydrogen-bond donors (Lipinski definition) is 1. The van der Waals surface area contributed by atoms with Crippen molar-refractivity contribution in [1.29, 1.82) is 0 Å². The third-order valence-corrected chi connectivity index (χ3v) is 3.05. The molecule has 0 amide bonds. The Morgan fingerprint density at radius 3 is 2.92 bits per heavy atom. The smallest absolute Gasteiger partial charge is 0.0768 e. The molecule has 0 saturated carbocycles. The minimum atomic E-state index is -0.418. The lowest BCUT2D eigenvalue weighted by Crippen LogP contribution is -1.91. The van der Waals surface area contributed by atoms with Crippen LogP contribution in [0.15, 0.2) is 18.2 Å². The van der Waals surface area contributed by atoms with Gasteiger partial charge in [-0.3, -0.25) is 0 Å². The van der Waals surface area contributed by atoms with E-state index in [2.05, 4.69) is 4.37 Å². The second-order valence-electron chi connectivity index (χ2n) is 3.16. The molecule has 2 aromatic rings. The molecule has 2 rings (SSSR count). The average molecular weight is 193 g/mol. The van der Waals surface area contributed by atoms with Gasteiger partial charge in [-0.15, -0.1) is 0 Å². The lowest BCUT2D eigenvalue weighted by molar-refractivity contribution is 0.201. The van der Waals surface area contributed by atoms with Crippen LogP contribution in [0.2, 0.25) is 0 Å². The highest BCUT2D eigenvalue weighted by atomic mass is 32.1. The zero-order valence-electron chi connectivity index (χ0n) is 7.61. The van der Waals surface area contributed by atoms with Crippen LogP contribution in [-0.4, -0.2) is 9.48 Å². The topological polar surface area (TPSA) is 33.1 Å². The van der Waals surface area contributed by atoms with Crippen molar-refractivity contribution in [3.05, 3.63) is 29.5 Å². The second-order valence-corrected chi connectivity index (χ2v) is 3.97. The van der Waals surface area contributed by atoms with Gasteiger partial charge in [0.15, 0.2) is 0 Å². The summed E-state index contributed by atoms with van der Waals surface area (Å²) in [7, 11) is 0. The molecule has 0 aliphatic carbocycles. The fourth-order valence-corrected chi connectivity index (χ4v) is 2.35. The van der Waals surface area contributed by atoms with Crippen LogP contribution in [0.3, 0.4) is 0 Å². The molecule has 0 aliphatic heterocycles. The van der Waals surface area contributed by atoms with Crippen LogP contribution in [0, 0.1) is 6.92 Å². The van der Waals surface area contributed by atoms with Gasteiger partial charge < -0.3 is 5.11 Å². The zero-order valence-corrected chi connectivity index (χ0v) is 8.43. The molecule has 0 fully saturated rings. The average Bonchev–Trinajstić information content (AvgIpc) is 2.48. The predicted molar refractivity (Wildman–Crippen MR) is 55.0 cm³/mol. The van der Waals surface area contributed by atoms with Crippen molar-refractivity contribution in [3.63, 3.8) is 0 Å².